The highest BCUT2D eigenvalue weighted by atomic mass is 35.5. The van der Waals surface area contributed by atoms with Crippen LogP contribution < -0.4 is 20.1 Å². The summed E-state index contributed by atoms with van der Waals surface area (Å²) in [6.45, 7) is 3.53. The summed E-state index contributed by atoms with van der Waals surface area (Å²) in [6.07, 6.45) is 9.42. The van der Waals surface area contributed by atoms with Crippen LogP contribution in [0.2, 0.25) is 0 Å². The van der Waals surface area contributed by atoms with Gasteiger partial charge in [-0.2, -0.15) is 0 Å². The van der Waals surface area contributed by atoms with Crippen LogP contribution >= 0.6 is 12.4 Å². The smallest absolute Gasteiger partial charge is 0.235 e. The third-order valence-corrected chi connectivity index (χ3v) is 8.88. The number of aromatic nitrogens is 3. The van der Waals surface area contributed by atoms with E-state index >= 15 is 4.39 Å². The van der Waals surface area contributed by atoms with E-state index in [-0.39, 0.29) is 35.8 Å². The van der Waals surface area contributed by atoms with Gasteiger partial charge in [-0.1, -0.05) is 19.3 Å². The van der Waals surface area contributed by atoms with Gasteiger partial charge in [0, 0.05) is 31.0 Å². The van der Waals surface area contributed by atoms with Gasteiger partial charge < -0.3 is 15.4 Å². The second-order valence-corrected chi connectivity index (χ2v) is 11.9. The molecular weight excluding hydrogens is 543 g/mol. The van der Waals surface area contributed by atoms with Crippen molar-refractivity contribution in [1.82, 2.24) is 20.3 Å². The minimum atomic E-state index is -3.59. The largest absolute Gasteiger partial charge is 0.435 e. The van der Waals surface area contributed by atoms with Crippen molar-refractivity contribution >= 4 is 34.1 Å². The molecule has 1 saturated carbocycles. The zero-order valence-electron chi connectivity index (χ0n) is 21.8. The van der Waals surface area contributed by atoms with Gasteiger partial charge >= 0.3 is 0 Å². The molecule has 2 aromatic heterocycles. The Labute approximate surface area is 234 Å². The summed E-state index contributed by atoms with van der Waals surface area (Å²) in [6, 6.07) is 8.28. The number of rotatable bonds is 8. The van der Waals surface area contributed by atoms with Gasteiger partial charge in [-0.25, -0.2) is 27.8 Å². The Morgan fingerprint density at radius 1 is 1.05 bits per heavy atom. The van der Waals surface area contributed by atoms with Crippen LogP contribution in [0, 0.1) is 12.7 Å². The molecule has 0 bridgehead atoms. The van der Waals surface area contributed by atoms with E-state index in [1.165, 1.54) is 0 Å². The van der Waals surface area contributed by atoms with E-state index in [1.54, 1.807) is 43.6 Å². The Balaban J connectivity index is 0.00000353. The van der Waals surface area contributed by atoms with Gasteiger partial charge in [0.15, 0.2) is 11.6 Å². The van der Waals surface area contributed by atoms with Crippen LogP contribution in [-0.2, 0) is 10.0 Å². The number of pyridine rings is 1. The van der Waals surface area contributed by atoms with Crippen molar-refractivity contribution in [3.8, 4) is 22.9 Å². The van der Waals surface area contributed by atoms with Crippen molar-refractivity contribution in [1.29, 1.82) is 0 Å². The first kappa shape index (κ1) is 29.0. The molecule has 39 heavy (non-hydrogen) atoms. The first-order chi connectivity index (χ1) is 18.4. The van der Waals surface area contributed by atoms with Gasteiger partial charge in [-0.3, -0.25) is 4.72 Å². The molecule has 0 radical (unpaired) electrons. The fourth-order valence-corrected chi connectivity index (χ4v) is 6.61. The average Bonchev–Trinajstić information content (AvgIpc) is 2.92. The highest BCUT2D eigenvalue weighted by Crippen LogP contribution is 2.35. The van der Waals surface area contributed by atoms with Crippen molar-refractivity contribution in [2.45, 2.75) is 63.2 Å². The molecule has 12 heteroatoms. The Morgan fingerprint density at radius 3 is 2.62 bits per heavy atom. The fourth-order valence-electron chi connectivity index (χ4n) is 5.04. The second kappa shape index (κ2) is 12.9. The Hall–Kier alpha value is -3.02. The topological polar surface area (TPSA) is 118 Å². The van der Waals surface area contributed by atoms with Crippen molar-refractivity contribution in [3.05, 3.63) is 54.1 Å². The van der Waals surface area contributed by atoms with Gasteiger partial charge in [0.2, 0.25) is 21.9 Å². The number of aryl methyl sites for hydroxylation is 1. The van der Waals surface area contributed by atoms with Crippen molar-refractivity contribution < 1.29 is 17.5 Å². The molecule has 0 amide bonds. The van der Waals surface area contributed by atoms with Crippen LogP contribution in [-0.4, -0.2) is 47.8 Å². The number of ether oxygens (including phenoxy) is 1. The molecule has 0 spiro atoms. The van der Waals surface area contributed by atoms with E-state index in [4.69, 9.17) is 4.74 Å². The zero-order valence-corrected chi connectivity index (χ0v) is 23.5. The lowest BCUT2D eigenvalue weighted by molar-refractivity contribution is 0.425. The molecule has 1 saturated heterocycles. The lowest BCUT2D eigenvalue weighted by Crippen LogP contribution is -2.38. The molecule has 9 nitrogen and oxygen atoms in total. The third kappa shape index (κ3) is 7.14. The monoisotopic (exact) mass is 576 g/mol. The summed E-state index contributed by atoms with van der Waals surface area (Å²) in [5.74, 6) is -0.0129. The van der Waals surface area contributed by atoms with E-state index < -0.39 is 21.1 Å². The van der Waals surface area contributed by atoms with E-state index in [2.05, 4.69) is 30.3 Å². The van der Waals surface area contributed by atoms with Gasteiger partial charge in [0.05, 0.1) is 22.2 Å². The van der Waals surface area contributed by atoms with Crippen LogP contribution in [0.15, 0.2) is 42.7 Å². The molecule has 1 aromatic carbocycles. The molecule has 5 rings (SSSR count). The maximum Gasteiger partial charge on any atom is 0.235 e. The van der Waals surface area contributed by atoms with Crippen LogP contribution in [0.1, 0.15) is 50.5 Å². The number of sulfonamides is 1. The van der Waals surface area contributed by atoms with Gasteiger partial charge in [-0.15, -0.1) is 12.4 Å². The minimum absolute atomic E-state index is 0. The molecule has 3 aromatic rings. The zero-order chi connectivity index (χ0) is 26.5. The summed E-state index contributed by atoms with van der Waals surface area (Å²) in [7, 11) is -3.59. The number of nitrogens with one attached hydrogen (secondary N) is 3. The highest BCUT2D eigenvalue weighted by molar-refractivity contribution is 7.93. The van der Waals surface area contributed by atoms with E-state index in [1.807, 2.05) is 0 Å². The standard InChI is InChI=1S/C27H33FN6O3S.ClH/c1-18-15-20(34-38(35,36)21-8-3-2-4-9-21)16-23(28)25(18)37-26-22(10-6-13-30-26)24-11-14-31-27(33-24)32-19-7-5-12-29-17-19;/h6,10-11,13-16,19,21,29,34H,2-5,7-9,12,17H2,1H3,(H,31,32,33);1H/t19-;/m0./s1. The van der Waals surface area contributed by atoms with Crippen LogP contribution in [0.3, 0.4) is 0 Å². The van der Waals surface area contributed by atoms with Crippen molar-refractivity contribution in [2.24, 2.45) is 0 Å². The number of nitrogens with zero attached hydrogens (tertiary/aromatic N) is 3. The molecule has 1 aliphatic carbocycles. The van der Waals surface area contributed by atoms with Crippen molar-refractivity contribution in [3.63, 3.8) is 0 Å². The maximum absolute atomic E-state index is 15.2. The molecule has 3 heterocycles. The minimum Gasteiger partial charge on any atom is -0.435 e. The summed E-state index contributed by atoms with van der Waals surface area (Å²) < 4.78 is 49.4. The number of hydrogen-bond acceptors (Lipinski definition) is 8. The first-order valence-corrected chi connectivity index (χ1v) is 14.7. The Bertz CT molecular complexity index is 1360. The van der Waals surface area contributed by atoms with Gasteiger partial charge in [-0.05, 0) is 69.0 Å². The van der Waals surface area contributed by atoms with E-state index in [0.717, 1.165) is 51.3 Å². The number of hydrogen-bond donors (Lipinski definition) is 3. The normalized spacial score (nSPS) is 18.2. The molecule has 1 atom stereocenters. The molecular formula is C27H34ClFN6O3S. The van der Waals surface area contributed by atoms with Gasteiger partial charge in [0.1, 0.15) is 0 Å². The predicted molar refractivity (Wildman–Crippen MR) is 153 cm³/mol. The fraction of sp³-hybridized carbons (Fsp3) is 0.444. The van der Waals surface area contributed by atoms with Crippen LogP contribution in [0.5, 0.6) is 11.6 Å². The van der Waals surface area contributed by atoms with E-state index in [0.29, 0.717) is 35.6 Å². The number of halogens is 2. The molecule has 210 valence electrons. The SMILES string of the molecule is Cc1cc(NS(=O)(=O)C2CCCCC2)cc(F)c1Oc1ncccc1-c1ccnc(N[C@H]2CCCNC2)n1.Cl. The highest BCUT2D eigenvalue weighted by Gasteiger charge is 2.28. The van der Waals surface area contributed by atoms with E-state index in [9.17, 15) is 8.42 Å². The summed E-state index contributed by atoms with van der Waals surface area (Å²) in [5, 5.41) is 6.27. The molecule has 0 unspecified atom stereocenters. The third-order valence-electron chi connectivity index (χ3n) is 7.01. The maximum atomic E-state index is 15.2. The molecule has 3 N–H and O–H groups in total. The molecule has 2 fully saturated rings. The quantitative estimate of drug-likeness (QED) is 0.324. The second-order valence-electron chi connectivity index (χ2n) is 9.92. The lowest BCUT2D eigenvalue weighted by atomic mass is 10.0. The first-order valence-electron chi connectivity index (χ1n) is 13.1. The summed E-state index contributed by atoms with van der Waals surface area (Å²) in [5.41, 5.74) is 1.80. The Morgan fingerprint density at radius 2 is 1.87 bits per heavy atom. The van der Waals surface area contributed by atoms with Gasteiger partial charge in [0.25, 0.3) is 0 Å². The van der Waals surface area contributed by atoms with Crippen LogP contribution in [0.4, 0.5) is 16.0 Å². The van der Waals surface area contributed by atoms with Crippen LogP contribution in [0.25, 0.3) is 11.3 Å². The summed E-state index contributed by atoms with van der Waals surface area (Å²) in [4.78, 5) is 13.3. The number of anilines is 2. The number of benzene rings is 1. The predicted octanol–water partition coefficient (Wildman–Crippen LogP) is 5.44. The summed E-state index contributed by atoms with van der Waals surface area (Å²) >= 11 is 0. The average molecular weight is 577 g/mol. The Kier molecular flexibility index (Phi) is 9.58. The molecule has 1 aliphatic heterocycles. The lowest BCUT2D eigenvalue weighted by Gasteiger charge is -2.23. The number of piperidine rings is 1. The van der Waals surface area contributed by atoms with Crippen molar-refractivity contribution in [2.75, 3.05) is 23.1 Å². The molecule has 2 aliphatic rings.